The van der Waals surface area contributed by atoms with E-state index >= 15 is 0 Å². The van der Waals surface area contributed by atoms with Crippen LogP contribution < -0.4 is 4.90 Å². The molecule has 1 N–H and O–H groups in total. The number of carbonyl (C=O) groups is 1. The Kier molecular flexibility index (Phi) is 6.14. The van der Waals surface area contributed by atoms with Gasteiger partial charge in [0.05, 0.1) is 11.7 Å². The molecule has 1 aliphatic heterocycles. The molecule has 0 spiro atoms. The summed E-state index contributed by atoms with van der Waals surface area (Å²) in [5, 5.41) is 18.2. The number of aryl methyl sites for hydroxylation is 1. The van der Waals surface area contributed by atoms with Crippen LogP contribution in [-0.2, 0) is 4.79 Å². The first-order chi connectivity index (χ1) is 20.0. The van der Waals surface area contributed by atoms with E-state index in [1.54, 1.807) is 6.07 Å². The number of benzene rings is 4. The van der Waals surface area contributed by atoms with Crippen LogP contribution in [0.1, 0.15) is 41.9 Å². The first-order valence-corrected chi connectivity index (χ1v) is 14.5. The van der Waals surface area contributed by atoms with Crippen molar-refractivity contribution in [2.45, 2.75) is 38.1 Å². The molecule has 2 atom stereocenters. The number of aliphatic carboxylic acids is 1. The van der Waals surface area contributed by atoms with Crippen molar-refractivity contribution in [2.75, 3.05) is 4.90 Å². The van der Waals surface area contributed by atoms with Crippen LogP contribution in [0.25, 0.3) is 39.4 Å². The van der Waals surface area contributed by atoms with Crippen LogP contribution >= 0.6 is 11.7 Å². The maximum atomic E-state index is 11.2. The average molecular weight is 555 g/mol. The van der Waals surface area contributed by atoms with E-state index in [0.717, 1.165) is 33.3 Å². The van der Waals surface area contributed by atoms with Crippen molar-refractivity contribution in [2.24, 2.45) is 0 Å². The van der Waals surface area contributed by atoms with Gasteiger partial charge in [0, 0.05) is 34.5 Å². The molecule has 0 bridgehead atoms. The summed E-state index contributed by atoms with van der Waals surface area (Å²) in [6.07, 6.45) is 5.04. The minimum Gasteiger partial charge on any atom is -0.477 e. The number of rotatable bonds is 5. The van der Waals surface area contributed by atoms with Gasteiger partial charge in [-0.25, -0.2) is 4.79 Å². The summed E-state index contributed by atoms with van der Waals surface area (Å²) in [6.45, 7) is 2.13. The molecule has 5 aromatic rings. The van der Waals surface area contributed by atoms with Gasteiger partial charge in [-0.3, -0.25) is 0 Å². The van der Waals surface area contributed by atoms with Crippen LogP contribution in [0.15, 0.2) is 84.4 Å². The second-order valence-electron chi connectivity index (χ2n) is 10.8. The average Bonchev–Trinajstić information content (AvgIpc) is 3.73. The zero-order valence-corrected chi connectivity index (χ0v) is 23.2. The van der Waals surface area contributed by atoms with Gasteiger partial charge in [-0.1, -0.05) is 66.6 Å². The van der Waals surface area contributed by atoms with Crippen LogP contribution in [0.5, 0.6) is 0 Å². The van der Waals surface area contributed by atoms with E-state index in [9.17, 15) is 4.79 Å². The number of nitriles is 1. The molecular formula is C34H26N4O2S. The molecule has 2 unspecified atom stereocenters. The smallest absolute Gasteiger partial charge is 0.346 e. The summed E-state index contributed by atoms with van der Waals surface area (Å²) in [7, 11) is 0. The molecule has 7 rings (SSSR count). The highest BCUT2D eigenvalue weighted by molar-refractivity contribution is 7.00. The Balaban J connectivity index is 1.26. The van der Waals surface area contributed by atoms with Crippen molar-refractivity contribution in [3.63, 3.8) is 0 Å². The molecule has 0 radical (unpaired) electrons. The highest BCUT2D eigenvalue weighted by Gasteiger charge is 2.42. The van der Waals surface area contributed by atoms with E-state index in [0.29, 0.717) is 17.5 Å². The van der Waals surface area contributed by atoms with E-state index in [1.807, 2.05) is 24.3 Å². The van der Waals surface area contributed by atoms with E-state index in [2.05, 4.69) is 70.8 Å². The lowest BCUT2D eigenvalue weighted by atomic mass is 9.92. The van der Waals surface area contributed by atoms with Gasteiger partial charge < -0.3 is 10.0 Å². The number of carboxylic acid groups (broad SMARTS) is 1. The molecular weight excluding hydrogens is 528 g/mol. The normalized spacial score (nSPS) is 17.9. The Hall–Kier alpha value is -4.80. The molecule has 2 aliphatic rings. The van der Waals surface area contributed by atoms with Crippen molar-refractivity contribution in [3.05, 3.63) is 101 Å². The standard InChI is InChI=1S/C34H26N4O2S/c1-20-5-12-25(13-6-20)38-30-4-2-3-28(30)29-18-23(11-16-31(29)38)27-15-14-26(32-33(27)37-41-36-32)22-9-7-21(8-10-22)17-24(19-35)34(39)40/h5-18,28,30H,2-4H2,1H3,(H,39,40)/b24-17+. The fourth-order valence-electron chi connectivity index (χ4n) is 6.47. The number of aromatic nitrogens is 2. The second kappa shape index (κ2) is 9.99. The fraction of sp³-hybridized carbons (Fsp3) is 0.176. The number of anilines is 2. The zero-order valence-electron chi connectivity index (χ0n) is 22.4. The molecule has 7 heteroatoms. The molecule has 4 aromatic carbocycles. The molecule has 1 fully saturated rings. The minimum atomic E-state index is -1.24. The van der Waals surface area contributed by atoms with Crippen molar-refractivity contribution in [1.29, 1.82) is 5.26 Å². The molecule has 1 aromatic heterocycles. The Morgan fingerprint density at radius 1 is 0.951 bits per heavy atom. The molecule has 1 saturated carbocycles. The lowest BCUT2D eigenvalue weighted by Gasteiger charge is -2.27. The predicted octanol–water partition coefficient (Wildman–Crippen LogP) is 8.11. The minimum absolute atomic E-state index is 0.298. The molecule has 2 heterocycles. The van der Waals surface area contributed by atoms with Gasteiger partial charge in [-0.2, -0.15) is 14.0 Å². The van der Waals surface area contributed by atoms with Crippen LogP contribution in [0.2, 0.25) is 0 Å². The number of fused-ring (bicyclic) bond motifs is 4. The first-order valence-electron chi connectivity index (χ1n) is 13.7. The Morgan fingerprint density at radius 3 is 2.32 bits per heavy atom. The maximum Gasteiger partial charge on any atom is 0.346 e. The first kappa shape index (κ1) is 25.2. The third kappa shape index (κ3) is 4.28. The lowest BCUT2D eigenvalue weighted by Crippen LogP contribution is -2.26. The largest absolute Gasteiger partial charge is 0.477 e. The quantitative estimate of drug-likeness (QED) is 0.174. The van der Waals surface area contributed by atoms with E-state index in [1.165, 1.54) is 59.6 Å². The van der Waals surface area contributed by atoms with E-state index in [4.69, 9.17) is 14.7 Å². The fourth-order valence-corrected chi connectivity index (χ4v) is 7.04. The summed E-state index contributed by atoms with van der Waals surface area (Å²) in [4.78, 5) is 13.7. The van der Waals surface area contributed by atoms with Gasteiger partial charge in [0.25, 0.3) is 0 Å². The molecule has 200 valence electrons. The molecule has 41 heavy (non-hydrogen) atoms. The summed E-state index contributed by atoms with van der Waals surface area (Å²) in [6, 6.07) is 29.7. The highest BCUT2D eigenvalue weighted by Crippen LogP contribution is 2.53. The number of hydrogen-bond donors (Lipinski definition) is 1. The van der Waals surface area contributed by atoms with Gasteiger partial charge in [0.1, 0.15) is 22.7 Å². The maximum absolute atomic E-state index is 11.2. The topological polar surface area (TPSA) is 90.1 Å². The molecule has 0 amide bonds. The zero-order chi connectivity index (χ0) is 28.1. The van der Waals surface area contributed by atoms with Crippen LogP contribution in [-0.4, -0.2) is 25.9 Å². The van der Waals surface area contributed by atoms with Gasteiger partial charge in [-0.05, 0) is 72.4 Å². The van der Waals surface area contributed by atoms with Crippen molar-refractivity contribution in [3.8, 4) is 28.3 Å². The Bertz CT molecular complexity index is 1880. The van der Waals surface area contributed by atoms with Gasteiger partial charge in [0.15, 0.2) is 0 Å². The van der Waals surface area contributed by atoms with Gasteiger partial charge in [0.2, 0.25) is 0 Å². The Morgan fingerprint density at radius 2 is 1.63 bits per heavy atom. The number of hydrogen-bond acceptors (Lipinski definition) is 6. The van der Waals surface area contributed by atoms with Gasteiger partial charge >= 0.3 is 5.97 Å². The molecule has 6 nitrogen and oxygen atoms in total. The van der Waals surface area contributed by atoms with Crippen molar-refractivity contribution in [1.82, 2.24) is 8.75 Å². The van der Waals surface area contributed by atoms with Gasteiger partial charge in [-0.15, -0.1) is 0 Å². The van der Waals surface area contributed by atoms with Crippen LogP contribution in [0, 0.1) is 18.3 Å². The summed E-state index contributed by atoms with van der Waals surface area (Å²) in [5.41, 5.74) is 11.5. The Labute approximate surface area is 242 Å². The third-order valence-corrected chi connectivity index (χ3v) is 8.95. The molecule has 1 aliphatic carbocycles. The third-order valence-electron chi connectivity index (χ3n) is 8.42. The van der Waals surface area contributed by atoms with Crippen LogP contribution in [0.4, 0.5) is 11.4 Å². The molecule has 0 saturated heterocycles. The number of nitrogens with zero attached hydrogens (tertiary/aromatic N) is 4. The summed E-state index contributed by atoms with van der Waals surface area (Å²) >= 11 is 1.21. The van der Waals surface area contributed by atoms with Crippen LogP contribution in [0.3, 0.4) is 0 Å². The van der Waals surface area contributed by atoms with Crippen molar-refractivity contribution >= 4 is 46.2 Å². The van der Waals surface area contributed by atoms with Crippen molar-refractivity contribution < 1.29 is 9.90 Å². The predicted molar refractivity (Wildman–Crippen MR) is 163 cm³/mol. The second-order valence-corrected chi connectivity index (χ2v) is 11.3. The van der Waals surface area contributed by atoms with E-state index < -0.39 is 5.97 Å². The summed E-state index contributed by atoms with van der Waals surface area (Å²) in [5.74, 6) is -0.704. The highest BCUT2D eigenvalue weighted by atomic mass is 32.1. The summed E-state index contributed by atoms with van der Waals surface area (Å²) < 4.78 is 9.37. The monoisotopic (exact) mass is 554 g/mol. The lowest BCUT2D eigenvalue weighted by molar-refractivity contribution is -0.132. The SMILES string of the molecule is Cc1ccc(N2c3ccc(-c4ccc(-c5ccc(/C=C(\C#N)C(=O)O)cc5)c5nsnc45)cc3C3CCCC32)cc1. The van der Waals surface area contributed by atoms with E-state index in [-0.39, 0.29) is 5.57 Å². The number of carboxylic acids is 1.